The number of aromatic amines is 1. The second kappa shape index (κ2) is 6.67. The lowest BCUT2D eigenvalue weighted by Crippen LogP contribution is -2.14. The quantitative estimate of drug-likeness (QED) is 0.697. The van der Waals surface area contributed by atoms with Crippen molar-refractivity contribution in [3.05, 3.63) is 55.6 Å². The summed E-state index contributed by atoms with van der Waals surface area (Å²) < 4.78 is 0.569. The Labute approximate surface area is 124 Å². The lowest BCUT2D eigenvalue weighted by molar-refractivity contribution is 0.965. The van der Waals surface area contributed by atoms with Crippen LogP contribution in [-0.2, 0) is 13.0 Å². The molecule has 6 heteroatoms. The topological polar surface area (TPSA) is 83.8 Å². The molecule has 0 bridgehead atoms. The van der Waals surface area contributed by atoms with Crippen molar-refractivity contribution in [1.82, 2.24) is 9.97 Å². The fourth-order valence-electron chi connectivity index (χ4n) is 1.68. The summed E-state index contributed by atoms with van der Waals surface area (Å²) in [5.74, 6) is 0.607. The highest BCUT2D eigenvalue weighted by molar-refractivity contribution is 14.1. The Kier molecular flexibility index (Phi) is 4.92. The van der Waals surface area contributed by atoms with Crippen molar-refractivity contribution in [2.45, 2.75) is 13.0 Å². The fraction of sp³-hybridized carbons (Fsp3) is 0.231. The zero-order valence-corrected chi connectivity index (χ0v) is 12.5. The van der Waals surface area contributed by atoms with Crippen molar-refractivity contribution in [3.8, 4) is 0 Å². The summed E-state index contributed by atoms with van der Waals surface area (Å²) in [7, 11) is 0. The molecule has 1 aromatic heterocycles. The van der Waals surface area contributed by atoms with Crippen molar-refractivity contribution in [2.75, 3.05) is 11.9 Å². The molecule has 1 aromatic carbocycles. The molecule has 0 saturated carbocycles. The summed E-state index contributed by atoms with van der Waals surface area (Å²) in [5, 5.41) is 3.16. The molecule has 5 nitrogen and oxygen atoms in total. The van der Waals surface area contributed by atoms with Gasteiger partial charge in [-0.25, -0.2) is 4.98 Å². The first-order valence-electron chi connectivity index (χ1n) is 5.95. The van der Waals surface area contributed by atoms with E-state index in [1.807, 2.05) is 22.6 Å². The van der Waals surface area contributed by atoms with Gasteiger partial charge in [-0.1, -0.05) is 24.3 Å². The highest BCUT2D eigenvalue weighted by Crippen LogP contribution is 2.11. The molecular weight excluding hydrogens is 355 g/mol. The van der Waals surface area contributed by atoms with Gasteiger partial charge in [-0.15, -0.1) is 0 Å². The third kappa shape index (κ3) is 3.77. The van der Waals surface area contributed by atoms with Crippen LogP contribution in [0.25, 0.3) is 0 Å². The van der Waals surface area contributed by atoms with Crippen molar-refractivity contribution in [1.29, 1.82) is 0 Å². The maximum Gasteiger partial charge on any atom is 0.266 e. The number of benzene rings is 1. The van der Waals surface area contributed by atoms with Crippen LogP contribution in [0.3, 0.4) is 0 Å². The smallest absolute Gasteiger partial charge is 0.266 e. The minimum atomic E-state index is -0.128. The average molecular weight is 370 g/mol. The summed E-state index contributed by atoms with van der Waals surface area (Å²) in [6.07, 6.45) is 2.29. The minimum Gasteiger partial charge on any atom is -0.365 e. The number of nitrogens with two attached hydrogens (primary N) is 1. The number of halogens is 1. The molecule has 0 aliphatic carbocycles. The second-order valence-electron chi connectivity index (χ2n) is 4.10. The molecule has 0 fully saturated rings. The van der Waals surface area contributed by atoms with Gasteiger partial charge in [0.2, 0.25) is 0 Å². The predicted octanol–water partition coefficient (Wildman–Crippen LogP) is 1.49. The van der Waals surface area contributed by atoms with Crippen molar-refractivity contribution < 1.29 is 0 Å². The number of aromatic nitrogens is 2. The van der Waals surface area contributed by atoms with Gasteiger partial charge >= 0.3 is 0 Å². The van der Waals surface area contributed by atoms with Crippen LogP contribution >= 0.6 is 22.6 Å². The van der Waals surface area contributed by atoms with Crippen LogP contribution < -0.4 is 16.6 Å². The van der Waals surface area contributed by atoms with Gasteiger partial charge in [-0.05, 0) is 46.7 Å². The Bertz CT molecular complexity index is 594. The predicted molar refractivity (Wildman–Crippen MR) is 84.1 cm³/mol. The molecule has 0 amide bonds. The molecule has 0 aliphatic rings. The standard InChI is InChI=1S/C13H15IN4O/c14-11-12(17-8-18-13(11)19)16-7-10-3-1-9(2-4-10)5-6-15/h1-4,8H,5-7,15H2,(H2,16,17,18,19). The highest BCUT2D eigenvalue weighted by Gasteiger charge is 2.04. The normalized spacial score (nSPS) is 10.4. The Hall–Kier alpha value is -1.41. The molecule has 0 aliphatic heterocycles. The fourth-order valence-corrected chi connectivity index (χ4v) is 2.17. The van der Waals surface area contributed by atoms with Gasteiger partial charge in [0, 0.05) is 6.54 Å². The lowest BCUT2D eigenvalue weighted by atomic mass is 10.1. The van der Waals surface area contributed by atoms with Gasteiger partial charge in [-0.2, -0.15) is 0 Å². The first-order valence-corrected chi connectivity index (χ1v) is 7.03. The SMILES string of the molecule is NCCc1ccc(CNc2nc[nH]c(=O)c2I)cc1. The van der Waals surface area contributed by atoms with Crippen LogP contribution in [0.15, 0.2) is 35.4 Å². The zero-order chi connectivity index (χ0) is 13.7. The van der Waals surface area contributed by atoms with Gasteiger partial charge in [-0.3, -0.25) is 4.79 Å². The van der Waals surface area contributed by atoms with E-state index in [-0.39, 0.29) is 5.56 Å². The summed E-state index contributed by atoms with van der Waals surface area (Å²) in [6, 6.07) is 8.25. The van der Waals surface area contributed by atoms with Crippen LogP contribution in [0.1, 0.15) is 11.1 Å². The van der Waals surface area contributed by atoms with E-state index in [2.05, 4.69) is 39.6 Å². The number of anilines is 1. The van der Waals surface area contributed by atoms with E-state index >= 15 is 0 Å². The molecular formula is C13H15IN4O. The monoisotopic (exact) mass is 370 g/mol. The summed E-state index contributed by atoms with van der Waals surface area (Å²) in [5.41, 5.74) is 7.75. The number of nitrogens with one attached hydrogen (secondary N) is 2. The maximum absolute atomic E-state index is 11.4. The third-order valence-electron chi connectivity index (χ3n) is 2.71. The van der Waals surface area contributed by atoms with Gasteiger partial charge in [0.25, 0.3) is 5.56 Å². The Morgan fingerprint density at radius 2 is 1.95 bits per heavy atom. The van der Waals surface area contributed by atoms with Gasteiger partial charge in [0.15, 0.2) is 0 Å². The molecule has 100 valence electrons. The summed E-state index contributed by atoms with van der Waals surface area (Å²) >= 11 is 1.98. The Balaban J connectivity index is 2.02. The molecule has 0 radical (unpaired) electrons. The van der Waals surface area contributed by atoms with Crippen molar-refractivity contribution in [2.24, 2.45) is 5.73 Å². The average Bonchev–Trinajstić information content (AvgIpc) is 2.42. The van der Waals surface area contributed by atoms with Crippen LogP contribution in [0.2, 0.25) is 0 Å². The van der Waals surface area contributed by atoms with Gasteiger partial charge in [0.1, 0.15) is 9.39 Å². The minimum absolute atomic E-state index is 0.128. The molecule has 0 unspecified atom stereocenters. The number of H-pyrrole nitrogens is 1. The molecule has 1 heterocycles. The summed E-state index contributed by atoms with van der Waals surface area (Å²) in [4.78, 5) is 18.1. The van der Waals surface area contributed by atoms with Gasteiger partial charge < -0.3 is 16.0 Å². The van der Waals surface area contributed by atoms with Crippen molar-refractivity contribution in [3.63, 3.8) is 0 Å². The number of hydrogen-bond donors (Lipinski definition) is 3. The van der Waals surface area contributed by atoms with E-state index in [1.165, 1.54) is 11.9 Å². The molecule has 2 aromatic rings. The van der Waals surface area contributed by atoms with Crippen LogP contribution in [-0.4, -0.2) is 16.5 Å². The molecule has 0 atom stereocenters. The number of nitrogens with zero attached hydrogens (tertiary/aromatic N) is 1. The van der Waals surface area contributed by atoms with E-state index in [4.69, 9.17) is 5.73 Å². The van der Waals surface area contributed by atoms with E-state index in [9.17, 15) is 4.79 Å². The Morgan fingerprint density at radius 3 is 2.63 bits per heavy atom. The highest BCUT2D eigenvalue weighted by atomic mass is 127. The van der Waals surface area contributed by atoms with E-state index in [0.717, 1.165) is 12.0 Å². The van der Waals surface area contributed by atoms with Gasteiger partial charge in [0.05, 0.1) is 6.33 Å². The molecule has 4 N–H and O–H groups in total. The first-order chi connectivity index (χ1) is 9.20. The van der Waals surface area contributed by atoms with Crippen molar-refractivity contribution >= 4 is 28.4 Å². The molecule has 19 heavy (non-hydrogen) atoms. The van der Waals surface area contributed by atoms with E-state index in [1.54, 1.807) is 0 Å². The lowest BCUT2D eigenvalue weighted by Gasteiger charge is -2.07. The summed E-state index contributed by atoms with van der Waals surface area (Å²) in [6.45, 7) is 1.29. The van der Waals surface area contributed by atoms with E-state index < -0.39 is 0 Å². The maximum atomic E-state index is 11.4. The number of rotatable bonds is 5. The third-order valence-corrected chi connectivity index (χ3v) is 3.71. The molecule has 2 rings (SSSR count). The number of hydrogen-bond acceptors (Lipinski definition) is 4. The van der Waals surface area contributed by atoms with Crippen LogP contribution in [0.5, 0.6) is 0 Å². The zero-order valence-electron chi connectivity index (χ0n) is 10.3. The Morgan fingerprint density at radius 1 is 1.26 bits per heavy atom. The molecule has 0 spiro atoms. The van der Waals surface area contributed by atoms with Crippen LogP contribution in [0, 0.1) is 3.57 Å². The first kappa shape index (κ1) is 14.0. The molecule has 0 saturated heterocycles. The van der Waals surface area contributed by atoms with E-state index in [0.29, 0.717) is 22.5 Å². The largest absolute Gasteiger partial charge is 0.365 e. The van der Waals surface area contributed by atoms with Crippen LogP contribution in [0.4, 0.5) is 5.82 Å². The second-order valence-corrected chi connectivity index (χ2v) is 5.18.